The van der Waals surface area contributed by atoms with Gasteiger partial charge in [-0.1, -0.05) is 24.3 Å². The van der Waals surface area contributed by atoms with Crippen molar-refractivity contribution in [1.82, 2.24) is 9.80 Å². The lowest BCUT2D eigenvalue weighted by Gasteiger charge is -2.38. The number of carbonyl (C=O) groups is 1. The molecule has 8 nitrogen and oxygen atoms in total. The first-order chi connectivity index (χ1) is 17.2. The molecule has 0 aliphatic carbocycles. The third-order valence-electron chi connectivity index (χ3n) is 6.53. The highest BCUT2D eigenvalue weighted by Gasteiger charge is 2.30. The van der Waals surface area contributed by atoms with Crippen molar-refractivity contribution in [2.24, 2.45) is 0 Å². The summed E-state index contributed by atoms with van der Waals surface area (Å²) in [5, 5.41) is 3.03. The quantitative estimate of drug-likeness (QED) is 0.471. The fourth-order valence-corrected chi connectivity index (χ4v) is 5.60. The van der Waals surface area contributed by atoms with Crippen LogP contribution in [-0.2, 0) is 22.9 Å². The van der Waals surface area contributed by atoms with Crippen LogP contribution in [0.5, 0.6) is 5.75 Å². The van der Waals surface area contributed by atoms with Gasteiger partial charge in [-0.15, -0.1) is 0 Å². The van der Waals surface area contributed by atoms with Crippen molar-refractivity contribution in [3.8, 4) is 5.75 Å². The topological polar surface area (TPSA) is 92.1 Å². The number of anilines is 1. The molecule has 1 fully saturated rings. The summed E-state index contributed by atoms with van der Waals surface area (Å²) in [5.41, 5.74) is 2.45. The maximum absolute atomic E-state index is 13.5. The predicted octanol–water partition coefficient (Wildman–Crippen LogP) is 4.70. The number of amides is 2. The summed E-state index contributed by atoms with van der Waals surface area (Å²) in [6, 6.07) is 16.3. The molecule has 1 aliphatic rings. The second-order valence-corrected chi connectivity index (χ2v) is 11.2. The van der Waals surface area contributed by atoms with Crippen molar-refractivity contribution in [3.63, 3.8) is 0 Å². The standard InChI is InChI=1S/C27H33N3O5S/c1-20-10-11-25(34-2)24(17-20)28-27(31)30(19-23-8-6-16-35-23)22-12-14-29(15-13-22)18-21-7-4-5-9-26(21)36(3,32)33/h4-11,16-17,22H,12-15,18-19H2,1-3H3,(H,28,31). The van der Waals surface area contributed by atoms with Crippen LogP contribution in [0.25, 0.3) is 0 Å². The lowest BCUT2D eigenvalue weighted by molar-refractivity contribution is 0.115. The molecule has 2 heterocycles. The number of benzene rings is 2. The van der Waals surface area contributed by atoms with Gasteiger partial charge in [0.1, 0.15) is 11.5 Å². The van der Waals surface area contributed by atoms with E-state index in [1.165, 1.54) is 6.26 Å². The predicted molar refractivity (Wildman–Crippen MR) is 139 cm³/mol. The van der Waals surface area contributed by atoms with E-state index < -0.39 is 9.84 Å². The van der Waals surface area contributed by atoms with E-state index in [4.69, 9.17) is 9.15 Å². The highest BCUT2D eigenvalue weighted by molar-refractivity contribution is 7.90. The average molecular weight is 512 g/mol. The van der Waals surface area contributed by atoms with E-state index in [-0.39, 0.29) is 12.1 Å². The van der Waals surface area contributed by atoms with E-state index in [1.54, 1.807) is 25.5 Å². The van der Waals surface area contributed by atoms with Crippen molar-refractivity contribution in [2.75, 3.05) is 31.8 Å². The van der Waals surface area contributed by atoms with Crippen molar-refractivity contribution in [3.05, 3.63) is 77.7 Å². The fraction of sp³-hybridized carbons (Fsp3) is 0.370. The molecule has 4 rings (SSSR count). The molecule has 0 atom stereocenters. The minimum absolute atomic E-state index is 0.00676. The number of methoxy groups -OCH3 is 1. The number of carbonyl (C=O) groups excluding carboxylic acids is 1. The van der Waals surface area contributed by atoms with Crippen molar-refractivity contribution < 1.29 is 22.4 Å². The van der Waals surface area contributed by atoms with Crippen LogP contribution in [0.4, 0.5) is 10.5 Å². The van der Waals surface area contributed by atoms with Gasteiger partial charge < -0.3 is 19.4 Å². The van der Waals surface area contributed by atoms with E-state index >= 15 is 0 Å². The van der Waals surface area contributed by atoms with E-state index in [0.717, 1.165) is 37.1 Å². The minimum Gasteiger partial charge on any atom is -0.495 e. The number of likely N-dealkylation sites (tertiary alicyclic amines) is 1. The van der Waals surface area contributed by atoms with Crippen LogP contribution in [0.1, 0.15) is 29.7 Å². The first-order valence-corrected chi connectivity index (χ1v) is 13.9. The Balaban J connectivity index is 1.47. The second kappa shape index (κ2) is 11.2. The molecule has 192 valence electrons. The summed E-state index contributed by atoms with van der Waals surface area (Å²) in [7, 11) is -1.71. The Kier molecular flexibility index (Phi) is 8.01. The molecule has 0 unspecified atom stereocenters. The van der Waals surface area contributed by atoms with Crippen LogP contribution in [0.2, 0.25) is 0 Å². The van der Waals surface area contributed by atoms with Gasteiger partial charge in [-0.2, -0.15) is 0 Å². The Morgan fingerprint density at radius 2 is 1.89 bits per heavy atom. The van der Waals surface area contributed by atoms with Gasteiger partial charge in [-0.3, -0.25) is 4.90 Å². The summed E-state index contributed by atoms with van der Waals surface area (Å²) in [6.07, 6.45) is 4.38. The number of nitrogens with one attached hydrogen (secondary N) is 1. The van der Waals surface area contributed by atoms with Gasteiger partial charge in [0, 0.05) is 31.9 Å². The summed E-state index contributed by atoms with van der Waals surface area (Å²) in [4.78, 5) is 17.9. The van der Waals surface area contributed by atoms with Gasteiger partial charge in [0.15, 0.2) is 9.84 Å². The van der Waals surface area contributed by atoms with Crippen molar-refractivity contribution in [2.45, 2.75) is 43.8 Å². The first-order valence-electron chi connectivity index (χ1n) is 12.0. The van der Waals surface area contributed by atoms with Crippen LogP contribution < -0.4 is 10.1 Å². The van der Waals surface area contributed by atoms with Gasteiger partial charge in [-0.25, -0.2) is 13.2 Å². The SMILES string of the molecule is COc1ccc(C)cc1NC(=O)N(Cc1ccco1)C1CCN(Cc2ccccc2S(C)(=O)=O)CC1. The van der Waals surface area contributed by atoms with Crippen LogP contribution in [0, 0.1) is 6.92 Å². The molecule has 1 aromatic heterocycles. The molecule has 1 N–H and O–H groups in total. The van der Waals surface area contributed by atoms with Gasteiger partial charge >= 0.3 is 6.03 Å². The minimum atomic E-state index is -3.30. The van der Waals surface area contributed by atoms with Gasteiger partial charge in [0.2, 0.25) is 0 Å². The number of hydrogen-bond acceptors (Lipinski definition) is 6. The molecule has 9 heteroatoms. The number of furan rings is 1. The maximum Gasteiger partial charge on any atom is 0.322 e. The third kappa shape index (κ3) is 6.27. The molecule has 3 aromatic rings. The second-order valence-electron chi connectivity index (χ2n) is 9.23. The number of sulfone groups is 1. The van der Waals surface area contributed by atoms with E-state index in [0.29, 0.717) is 35.2 Å². The average Bonchev–Trinajstić information content (AvgIpc) is 3.36. The number of hydrogen-bond donors (Lipinski definition) is 1. The zero-order valence-electron chi connectivity index (χ0n) is 20.9. The maximum atomic E-state index is 13.5. The van der Waals surface area contributed by atoms with Crippen LogP contribution in [-0.4, -0.2) is 56.7 Å². The largest absolute Gasteiger partial charge is 0.495 e. The lowest BCUT2D eigenvalue weighted by Crippen LogP contribution is -2.48. The molecule has 0 bridgehead atoms. The van der Waals surface area contributed by atoms with E-state index in [2.05, 4.69) is 10.2 Å². The normalized spacial score (nSPS) is 15.0. The van der Waals surface area contributed by atoms with Gasteiger partial charge in [-0.05, 0) is 61.2 Å². The molecule has 1 aliphatic heterocycles. The first kappa shape index (κ1) is 25.8. The molecule has 0 radical (unpaired) electrons. The molecular weight excluding hydrogens is 478 g/mol. The number of piperidine rings is 1. The number of rotatable bonds is 8. The molecule has 36 heavy (non-hydrogen) atoms. The van der Waals surface area contributed by atoms with Crippen LogP contribution in [0.3, 0.4) is 0 Å². The Hall–Kier alpha value is -3.30. The molecule has 0 spiro atoms. The molecule has 2 amide bonds. The third-order valence-corrected chi connectivity index (χ3v) is 7.72. The highest BCUT2D eigenvalue weighted by Crippen LogP contribution is 2.28. The van der Waals surface area contributed by atoms with E-state index in [1.807, 2.05) is 54.3 Å². The number of urea groups is 1. The van der Waals surface area contributed by atoms with Crippen molar-refractivity contribution >= 4 is 21.6 Å². The zero-order chi connectivity index (χ0) is 25.7. The van der Waals surface area contributed by atoms with Gasteiger partial charge in [0.25, 0.3) is 0 Å². The summed E-state index contributed by atoms with van der Waals surface area (Å²) < 4.78 is 35.4. The number of aryl methyl sites for hydroxylation is 1. The molecule has 1 saturated heterocycles. The fourth-order valence-electron chi connectivity index (χ4n) is 4.67. The lowest BCUT2D eigenvalue weighted by atomic mass is 10.0. The molecular formula is C27H33N3O5S. The van der Waals surface area contributed by atoms with Crippen LogP contribution >= 0.6 is 0 Å². The number of ether oxygens (including phenoxy) is 1. The van der Waals surface area contributed by atoms with Crippen molar-refractivity contribution in [1.29, 1.82) is 0 Å². The van der Waals surface area contributed by atoms with Crippen LogP contribution in [0.15, 0.2) is 70.2 Å². The molecule has 0 saturated carbocycles. The Morgan fingerprint density at radius 1 is 1.14 bits per heavy atom. The van der Waals surface area contributed by atoms with Gasteiger partial charge in [0.05, 0.1) is 30.5 Å². The summed E-state index contributed by atoms with van der Waals surface area (Å²) in [5.74, 6) is 1.32. The Bertz CT molecular complexity index is 1280. The Morgan fingerprint density at radius 3 is 2.56 bits per heavy atom. The zero-order valence-corrected chi connectivity index (χ0v) is 21.8. The number of nitrogens with zero attached hydrogens (tertiary/aromatic N) is 2. The molecule has 2 aromatic carbocycles. The monoisotopic (exact) mass is 511 g/mol. The van der Waals surface area contributed by atoms with E-state index in [9.17, 15) is 13.2 Å². The highest BCUT2D eigenvalue weighted by atomic mass is 32.2. The smallest absolute Gasteiger partial charge is 0.322 e. The summed E-state index contributed by atoms with van der Waals surface area (Å²) >= 11 is 0. The summed E-state index contributed by atoms with van der Waals surface area (Å²) in [6.45, 7) is 4.37. The Labute approximate surface area is 212 Å².